The van der Waals surface area contributed by atoms with Gasteiger partial charge in [-0.3, -0.25) is 9.69 Å². The molecule has 2 rings (SSSR count). The van der Waals surface area contributed by atoms with Gasteiger partial charge in [0.15, 0.2) is 0 Å². The number of carbonyl (C=O) groups is 1. The van der Waals surface area contributed by atoms with Crippen molar-refractivity contribution in [1.29, 1.82) is 0 Å². The van der Waals surface area contributed by atoms with Gasteiger partial charge in [0.1, 0.15) is 6.04 Å². The first-order valence-electron chi connectivity index (χ1n) is 5.56. The molecule has 2 saturated heterocycles. The zero-order valence-corrected chi connectivity index (χ0v) is 9.66. The fourth-order valence-electron chi connectivity index (χ4n) is 2.58. The molecular weight excluding hydrogens is 194 g/mol. The van der Waals surface area contributed by atoms with Crippen molar-refractivity contribution in [3.05, 3.63) is 0 Å². The molecular formula is C11H19NO3. The highest BCUT2D eigenvalue weighted by atomic mass is 16.5. The zero-order chi connectivity index (χ0) is 11.1. The van der Waals surface area contributed by atoms with E-state index in [1.807, 2.05) is 0 Å². The van der Waals surface area contributed by atoms with Crippen molar-refractivity contribution >= 4 is 5.97 Å². The van der Waals surface area contributed by atoms with Gasteiger partial charge in [0.05, 0.1) is 13.2 Å². The largest absolute Gasteiger partial charge is 0.468 e. The number of hydrogen-bond donors (Lipinski definition) is 0. The van der Waals surface area contributed by atoms with Gasteiger partial charge in [-0.15, -0.1) is 0 Å². The number of methoxy groups -OCH3 is 1. The van der Waals surface area contributed by atoms with Crippen LogP contribution < -0.4 is 0 Å². The van der Waals surface area contributed by atoms with Gasteiger partial charge in [-0.2, -0.15) is 0 Å². The van der Waals surface area contributed by atoms with Crippen LogP contribution >= 0.6 is 0 Å². The van der Waals surface area contributed by atoms with Crippen molar-refractivity contribution in [2.24, 2.45) is 0 Å². The number of nitrogens with zero attached hydrogens (tertiary/aromatic N) is 1. The number of likely N-dealkylation sites (tertiary alicyclic amines) is 1. The van der Waals surface area contributed by atoms with Crippen LogP contribution in [0.3, 0.4) is 0 Å². The van der Waals surface area contributed by atoms with Crippen LogP contribution in [0.1, 0.15) is 26.7 Å². The number of esters is 1. The van der Waals surface area contributed by atoms with Crippen molar-refractivity contribution < 1.29 is 14.3 Å². The molecule has 2 heterocycles. The quantitative estimate of drug-likeness (QED) is 0.636. The number of rotatable bonds is 2. The second kappa shape index (κ2) is 3.76. The second-order valence-electron chi connectivity index (χ2n) is 4.64. The lowest BCUT2D eigenvalue weighted by Gasteiger charge is -2.50. The van der Waals surface area contributed by atoms with Gasteiger partial charge in [-0.1, -0.05) is 0 Å². The summed E-state index contributed by atoms with van der Waals surface area (Å²) in [7, 11) is 1.45. The molecule has 0 bridgehead atoms. The lowest BCUT2D eigenvalue weighted by molar-refractivity contribution is -0.159. The van der Waals surface area contributed by atoms with Crippen LogP contribution in [0.15, 0.2) is 0 Å². The van der Waals surface area contributed by atoms with Crippen molar-refractivity contribution in [3.63, 3.8) is 0 Å². The first kappa shape index (κ1) is 10.9. The Morgan fingerprint density at radius 3 is 2.73 bits per heavy atom. The Bertz CT molecular complexity index is 269. The van der Waals surface area contributed by atoms with Gasteiger partial charge in [0, 0.05) is 18.7 Å². The maximum atomic E-state index is 11.5. The maximum Gasteiger partial charge on any atom is 0.323 e. The molecule has 0 radical (unpaired) electrons. The Morgan fingerprint density at radius 2 is 2.33 bits per heavy atom. The standard InChI is InChI=1S/C11H19NO3/c1-8-11(2,5-7-15-8)12-6-4-9(12)10(13)14-3/h8-9H,4-7H2,1-3H3. The molecule has 2 aliphatic heterocycles. The lowest BCUT2D eigenvalue weighted by atomic mass is 9.85. The smallest absolute Gasteiger partial charge is 0.323 e. The summed E-state index contributed by atoms with van der Waals surface area (Å²) in [5.74, 6) is -0.110. The molecule has 4 heteroatoms. The topological polar surface area (TPSA) is 38.8 Å². The summed E-state index contributed by atoms with van der Waals surface area (Å²) in [6.07, 6.45) is 2.11. The molecule has 15 heavy (non-hydrogen) atoms. The van der Waals surface area contributed by atoms with Crippen LogP contribution in [-0.4, -0.2) is 48.8 Å². The van der Waals surface area contributed by atoms with Gasteiger partial charge in [-0.25, -0.2) is 0 Å². The predicted octanol–water partition coefficient (Wildman–Crippen LogP) is 0.801. The average molecular weight is 213 g/mol. The summed E-state index contributed by atoms with van der Waals surface area (Å²) in [6, 6.07) is -0.0517. The van der Waals surface area contributed by atoms with Gasteiger partial charge in [0.25, 0.3) is 0 Å². The van der Waals surface area contributed by atoms with E-state index >= 15 is 0 Å². The minimum absolute atomic E-state index is 0.0110. The minimum atomic E-state index is -0.110. The molecule has 0 N–H and O–H groups in total. The fourth-order valence-corrected chi connectivity index (χ4v) is 2.58. The highest BCUT2D eigenvalue weighted by Crippen LogP contribution is 2.38. The number of carbonyl (C=O) groups excluding carboxylic acids is 1. The lowest BCUT2D eigenvalue weighted by Crippen LogP contribution is -2.64. The number of ether oxygens (including phenoxy) is 2. The van der Waals surface area contributed by atoms with Crippen LogP contribution in [0.25, 0.3) is 0 Å². The van der Waals surface area contributed by atoms with Crippen molar-refractivity contribution in [2.75, 3.05) is 20.3 Å². The molecule has 0 amide bonds. The molecule has 2 aliphatic rings. The zero-order valence-electron chi connectivity index (χ0n) is 9.66. The van der Waals surface area contributed by atoms with Crippen LogP contribution in [0, 0.1) is 0 Å². The Balaban J connectivity index is 2.08. The number of hydrogen-bond acceptors (Lipinski definition) is 4. The van der Waals surface area contributed by atoms with Gasteiger partial charge in [0.2, 0.25) is 0 Å². The predicted molar refractivity (Wildman–Crippen MR) is 55.6 cm³/mol. The third-order valence-corrected chi connectivity index (χ3v) is 4.00. The van der Waals surface area contributed by atoms with Crippen LogP contribution in [0.5, 0.6) is 0 Å². The summed E-state index contributed by atoms with van der Waals surface area (Å²) in [5, 5.41) is 0. The van der Waals surface area contributed by atoms with Crippen molar-refractivity contribution in [3.8, 4) is 0 Å². The van der Waals surface area contributed by atoms with E-state index in [0.29, 0.717) is 0 Å². The van der Waals surface area contributed by atoms with E-state index in [4.69, 9.17) is 9.47 Å². The monoisotopic (exact) mass is 213 g/mol. The third kappa shape index (κ3) is 1.56. The van der Waals surface area contributed by atoms with Crippen molar-refractivity contribution in [1.82, 2.24) is 4.90 Å². The third-order valence-electron chi connectivity index (χ3n) is 4.00. The van der Waals surface area contributed by atoms with E-state index in [0.717, 1.165) is 26.0 Å². The van der Waals surface area contributed by atoms with E-state index in [9.17, 15) is 4.79 Å². The van der Waals surface area contributed by atoms with Crippen LogP contribution in [-0.2, 0) is 14.3 Å². The first-order valence-corrected chi connectivity index (χ1v) is 5.56. The summed E-state index contributed by atoms with van der Waals surface area (Å²) in [5.41, 5.74) is 0.0110. The van der Waals surface area contributed by atoms with Gasteiger partial charge >= 0.3 is 5.97 Å². The maximum absolute atomic E-state index is 11.5. The normalized spacial score (nSPS) is 41.3. The van der Waals surface area contributed by atoms with Gasteiger partial charge in [-0.05, 0) is 26.7 Å². The summed E-state index contributed by atoms with van der Waals surface area (Å²) in [4.78, 5) is 13.7. The van der Waals surface area contributed by atoms with Crippen LogP contribution in [0.4, 0.5) is 0 Å². The Morgan fingerprint density at radius 1 is 1.60 bits per heavy atom. The summed E-state index contributed by atoms with van der Waals surface area (Å²) in [6.45, 7) is 6.03. The van der Waals surface area contributed by atoms with Crippen molar-refractivity contribution in [2.45, 2.75) is 44.4 Å². The first-order chi connectivity index (χ1) is 7.09. The van der Waals surface area contributed by atoms with E-state index in [1.165, 1.54) is 7.11 Å². The van der Waals surface area contributed by atoms with E-state index in [-0.39, 0.29) is 23.7 Å². The molecule has 0 aromatic rings. The van der Waals surface area contributed by atoms with E-state index in [1.54, 1.807) is 0 Å². The SMILES string of the molecule is COC(=O)C1CCN1C1(C)CCOC1C. The Hall–Kier alpha value is -0.610. The highest BCUT2D eigenvalue weighted by Gasteiger charge is 2.50. The molecule has 4 nitrogen and oxygen atoms in total. The molecule has 3 atom stereocenters. The highest BCUT2D eigenvalue weighted by molar-refractivity contribution is 5.76. The molecule has 0 aromatic heterocycles. The molecule has 2 fully saturated rings. The fraction of sp³-hybridized carbons (Fsp3) is 0.909. The molecule has 0 aromatic carbocycles. The minimum Gasteiger partial charge on any atom is -0.468 e. The van der Waals surface area contributed by atoms with Gasteiger partial charge < -0.3 is 9.47 Å². The molecule has 0 saturated carbocycles. The second-order valence-corrected chi connectivity index (χ2v) is 4.64. The molecule has 0 spiro atoms. The average Bonchev–Trinajstić information content (AvgIpc) is 2.45. The summed E-state index contributed by atoms with van der Waals surface area (Å²) < 4.78 is 10.4. The molecule has 3 unspecified atom stereocenters. The van der Waals surface area contributed by atoms with E-state index in [2.05, 4.69) is 18.7 Å². The summed E-state index contributed by atoms with van der Waals surface area (Å²) >= 11 is 0. The Labute approximate surface area is 90.5 Å². The molecule has 0 aliphatic carbocycles. The van der Waals surface area contributed by atoms with E-state index < -0.39 is 0 Å². The molecule has 86 valence electrons. The Kier molecular flexibility index (Phi) is 2.73. The van der Waals surface area contributed by atoms with Crippen LogP contribution in [0.2, 0.25) is 0 Å².